The summed E-state index contributed by atoms with van der Waals surface area (Å²) in [5, 5.41) is 6.66. The van der Waals surface area contributed by atoms with Crippen molar-refractivity contribution in [1.29, 1.82) is 0 Å². The van der Waals surface area contributed by atoms with Crippen molar-refractivity contribution in [3.8, 4) is 0 Å². The molecule has 120 valence electrons. The number of aliphatic imine (C=N–C) groups is 1. The highest BCUT2D eigenvalue weighted by Crippen LogP contribution is 2.13. The van der Waals surface area contributed by atoms with E-state index in [1.54, 1.807) is 13.2 Å². The number of nitrogens with one attached hydrogen (secondary N) is 2. The lowest BCUT2D eigenvalue weighted by atomic mass is 10.1. The van der Waals surface area contributed by atoms with Crippen LogP contribution in [0.5, 0.6) is 0 Å². The number of guanidine groups is 1. The van der Waals surface area contributed by atoms with E-state index < -0.39 is 0 Å². The van der Waals surface area contributed by atoms with Gasteiger partial charge in [-0.3, -0.25) is 0 Å². The lowest BCUT2D eigenvalue weighted by molar-refractivity contribution is 0.181. The van der Waals surface area contributed by atoms with Crippen molar-refractivity contribution in [3.05, 3.63) is 47.3 Å². The van der Waals surface area contributed by atoms with Crippen LogP contribution < -0.4 is 10.6 Å². The lowest BCUT2D eigenvalue weighted by Crippen LogP contribution is -2.42. The predicted molar refractivity (Wildman–Crippen MR) is 87.2 cm³/mol. The first-order valence-corrected chi connectivity index (χ1v) is 7.69. The molecule has 0 saturated heterocycles. The number of benzene rings is 1. The van der Waals surface area contributed by atoms with Crippen LogP contribution in [0.25, 0.3) is 0 Å². The normalized spacial score (nSPS) is 15.3. The second kappa shape index (κ2) is 8.54. The zero-order chi connectivity index (χ0) is 15.8. The highest BCUT2D eigenvalue weighted by Gasteiger charge is 2.11. The van der Waals surface area contributed by atoms with Crippen molar-refractivity contribution < 1.29 is 9.13 Å². The average Bonchev–Trinajstić information content (AvgIpc) is 3.01. The summed E-state index contributed by atoms with van der Waals surface area (Å²) in [5.74, 6) is 0.561. The largest absolute Gasteiger partial charge is 0.380 e. The monoisotopic (exact) mass is 305 g/mol. The summed E-state index contributed by atoms with van der Waals surface area (Å²) < 4.78 is 18.6. The van der Waals surface area contributed by atoms with Crippen LogP contribution in [0.3, 0.4) is 0 Å². The Hall–Kier alpha value is -1.88. The minimum absolute atomic E-state index is 0.239. The maximum atomic E-state index is 13.6. The van der Waals surface area contributed by atoms with Gasteiger partial charge < -0.3 is 15.4 Å². The summed E-state index contributed by atoms with van der Waals surface area (Å²) >= 11 is 0. The molecular weight excluding hydrogens is 281 g/mol. The minimum atomic E-state index is -0.239. The second-order valence-corrected chi connectivity index (χ2v) is 5.34. The van der Waals surface area contributed by atoms with Crippen LogP contribution in [0.2, 0.25) is 0 Å². The van der Waals surface area contributed by atoms with Gasteiger partial charge in [0.25, 0.3) is 0 Å². The van der Waals surface area contributed by atoms with Gasteiger partial charge >= 0.3 is 0 Å². The Balaban J connectivity index is 2.01. The molecule has 0 heterocycles. The van der Waals surface area contributed by atoms with Crippen LogP contribution in [0.1, 0.15) is 30.9 Å². The molecule has 0 unspecified atom stereocenters. The Bertz CT molecular complexity index is 535. The molecule has 1 aliphatic carbocycles. The summed E-state index contributed by atoms with van der Waals surface area (Å²) in [7, 11) is 1.56. The van der Waals surface area contributed by atoms with Crippen molar-refractivity contribution >= 4 is 5.96 Å². The topological polar surface area (TPSA) is 45.7 Å². The first-order chi connectivity index (χ1) is 10.7. The van der Waals surface area contributed by atoms with E-state index in [9.17, 15) is 4.39 Å². The maximum Gasteiger partial charge on any atom is 0.191 e. The van der Waals surface area contributed by atoms with Crippen LogP contribution >= 0.6 is 0 Å². The van der Waals surface area contributed by atoms with Crippen molar-refractivity contribution in [2.75, 3.05) is 13.7 Å². The molecule has 0 spiro atoms. The van der Waals surface area contributed by atoms with Gasteiger partial charge in [0.2, 0.25) is 0 Å². The zero-order valence-corrected chi connectivity index (χ0v) is 13.2. The van der Waals surface area contributed by atoms with Crippen LogP contribution in [0, 0.1) is 5.82 Å². The van der Waals surface area contributed by atoms with E-state index in [4.69, 9.17) is 4.74 Å². The van der Waals surface area contributed by atoms with Gasteiger partial charge in [-0.1, -0.05) is 18.2 Å². The molecule has 2 rings (SSSR count). The maximum absolute atomic E-state index is 13.6. The fourth-order valence-electron chi connectivity index (χ4n) is 2.41. The standard InChI is InChI=1S/C17H24FN3O/c1-3-19-17(21-15-6-4-5-7-15)20-11-13-8-9-16(18)14(10-13)12-22-2/h4-5,8-10,15H,3,6-7,11-12H2,1-2H3,(H2,19,20,21). The van der Waals surface area contributed by atoms with E-state index in [2.05, 4.69) is 27.8 Å². The van der Waals surface area contributed by atoms with E-state index in [0.717, 1.165) is 30.9 Å². The zero-order valence-electron chi connectivity index (χ0n) is 13.2. The molecule has 1 aromatic rings. The summed E-state index contributed by atoms with van der Waals surface area (Å²) in [5.41, 5.74) is 1.53. The molecular formula is C17H24FN3O. The Labute approximate surface area is 131 Å². The molecule has 0 aromatic heterocycles. The Kier molecular flexibility index (Phi) is 6.40. The van der Waals surface area contributed by atoms with Gasteiger partial charge in [-0.25, -0.2) is 9.38 Å². The summed E-state index contributed by atoms with van der Waals surface area (Å²) in [6.45, 7) is 3.63. The van der Waals surface area contributed by atoms with Crippen molar-refractivity contribution in [2.24, 2.45) is 4.99 Å². The first-order valence-electron chi connectivity index (χ1n) is 7.69. The van der Waals surface area contributed by atoms with Gasteiger partial charge in [-0.15, -0.1) is 0 Å². The first kappa shape index (κ1) is 16.5. The molecule has 1 aliphatic rings. The number of ether oxygens (including phenoxy) is 1. The van der Waals surface area contributed by atoms with E-state index in [1.165, 1.54) is 6.07 Å². The number of methoxy groups -OCH3 is 1. The van der Waals surface area contributed by atoms with Crippen molar-refractivity contribution in [1.82, 2.24) is 10.6 Å². The third kappa shape index (κ3) is 4.84. The number of halogens is 1. The Morgan fingerprint density at radius 3 is 2.82 bits per heavy atom. The summed E-state index contributed by atoms with van der Waals surface area (Å²) in [6.07, 6.45) is 6.41. The van der Waals surface area contributed by atoms with E-state index in [1.807, 2.05) is 13.0 Å². The molecule has 0 bridgehead atoms. The lowest BCUT2D eigenvalue weighted by Gasteiger charge is -2.16. The molecule has 4 nitrogen and oxygen atoms in total. The third-order valence-corrected chi connectivity index (χ3v) is 3.52. The van der Waals surface area contributed by atoms with Crippen molar-refractivity contribution in [3.63, 3.8) is 0 Å². The minimum Gasteiger partial charge on any atom is -0.380 e. The number of nitrogens with zero attached hydrogens (tertiary/aromatic N) is 1. The van der Waals surface area contributed by atoms with Crippen LogP contribution in [-0.2, 0) is 17.9 Å². The summed E-state index contributed by atoms with van der Waals surface area (Å²) in [4.78, 5) is 4.58. The molecule has 1 aromatic carbocycles. The molecule has 5 heteroatoms. The number of hydrogen-bond donors (Lipinski definition) is 2. The Morgan fingerprint density at radius 2 is 2.14 bits per heavy atom. The second-order valence-electron chi connectivity index (χ2n) is 5.34. The fraction of sp³-hybridized carbons (Fsp3) is 0.471. The predicted octanol–water partition coefficient (Wildman–Crippen LogP) is 2.75. The number of hydrogen-bond acceptors (Lipinski definition) is 2. The van der Waals surface area contributed by atoms with Crippen LogP contribution in [0.15, 0.2) is 35.3 Å². The molecule has 0 fully saturated rings. The molecule has 0 atom stereocenters. The van der Waals surface area contributed by atoms with Gasteiger partial charge in [0.15, 0.2) is 5.96 Å². The fourth-order valence-corrected chi connectivity index (χ4v) is 2.41. The smallest absolute Gasteiger partial charge is 0.191 e. The molecule has 0 aliphatic heterocycles. The van der Waals surface area contributed by atoms with Crippen molar-refractivity contribution in [2.45, 2.75) is 39.0 Å². The average molecular weight is 305 g/mol. The van der Waals surface area contributed by atoms with E-state index in [0.29, 0.717) is 18.2 Å². The SMILES string of the molecule is CCNC(=NCc1ccc(F)c(COC)c1)NC1CC=CC1. The van der Waals surface area contributed by atoms with Crippen LogP contribution in [0.4, 0.5) is 4.39 Å². The van der Waals surface area contributed by atoms with Gasteiger partial charge in [0, 0.05) is 25.3 Å². The van der Waals surface area contributed by atoms with Gasteiger partial charge in [-0.2, -0.15) is 0 Å². The third-order valence-electron chi connectivity index (χ3n) is 3.52. The highest BCUT2D eigenvalue weighted by atomic mass is 19.1. The summed E-state index contributed by atoms with van der Waals surface area (Å²) in [6, 6.07) is 5.46. The van der Waals surface area contributed by atoms with E-state index in [-0.39, 0.29) is 12.4 Å². The Morgan fingerprint density at radius 1 is 1.36 bits per heavy atom. The molecule has 2 N–H and O–H groups in total. The molecule has 0 saturated carbocycles. The molecule has 0 radical (unpaired) electrons. The quantitative estimate of drug-likeness (QED) is 0.482. The van der Waals surface area contributed by atoms with E-state index >= 15 is 0 Å². The van der Waals surface area contributed by atoms with Gasteiger partial charge in [0.05, 0.1) is 13.2 Å². The highest BCUT2D eigenvalue weighted by molar-refractivity contribution is 5.80. The molecule has 0 amide bonds. The van der Waals surface area contributed by atoms with Gasteiger partial charge in [0.1, 0.15) is 5.82 Å². The van der Waals surface area contributed by atoms with Gasteiger partial charge in [-0.05, 0) is 37.5 Å². The number of rotatable bonds is 6. The van der Waals surface area contributed by atoms with Crippen LogP contribution in [-0.4, -0.2) is 25.7 Å². The molecule has 22 heavy (non-hydrogen) atoms.